The lowest BCUT2D eigenvalue weighted by Gasteiger charge is -2.22. The molecule has 2 unspecified atom stereocenters. The summed E-state index contributed by atoms with van der Waals surface area (Å²) in [6, 6.07) is 0.652. The molecule has 2 aliphatic carbocycles. The lowest BCUT2D eigenvalue weighted by Crippen LogP contribution is -2.40. The van der Waals surface area contributed by atoms with Gasteiger partial charge < -0.3 is 20.1 Å². The summed E-state index contributed by atoms with van der Waals surface area (Å²) in [4.78, 5) is 4.38. The second-order valence-electron chi connectivity index (χ2n) is 8.03. The van der Waals surface area contributed by atoms with Gasteiger partial charge in [-0.25, -0.2) is 0 Å². The minimum absolute atomic E-state index is 0. The molecule has 0 aromatic heterocycles. The van der Waals surface area contributed by atoms with Crippen molar-refractivity contribution >= 4 is 29.9 Å². The Morgan fingerprint density at radius 2 is 1.88 bits per heavy atom. The second-order valence-corrected chi connectivity index (χ2v) is 8.03. The maximum atomic E-state index is 5.82. The molecule has 5 nitrogen and oxygen atoms in total. The zero-order valence-corrected chi connectivity index (χ0v) is 18.7. The van der Waals surface area contributed by atoms with E-state index in [0.29, 0.717) is 12.0 Å². The van der Waals surface area contributed by atoms with Gasteiger partial charge in [-0.05, 0) is 43.4 Å². The molecule has 152 valence electrons. The number of nitrogens with zero attached hydrogens (tertiary/aromatic N) is 1. The summed E-state index contributed by atoms with van der Waals surface area (Å²) in [7, 11) is 1.87. The zero-order chi connectivity index (χ0) is 17.3. The average Bonchev–Trinajstić information content (AvgIpc) is 3.44. The van der Waals surface area contributed by atoms with Gasteiger partial charge in [-0.3, -0.25) is 4.99 Å². The number of rotatable bonds is 8. The Bertz CT molecular complexity index is 410. The van der Waals surface area contributed by atoms with Gasteiger partial charge in [0, 0.05) is 46.1 Å². The van der Waals surface area contributed by atoms with Crippen LogP contribution in [-0.2, 0) is 9.47 Å². The molecule has 3 rings (SSSR count). The van der Waals surface area contributed by atoms with Crippen LogP contribution in [0.1, 0.15) is 57.8 Å². The number of ether oxygens (including phenoxy) is 2. The average molecular weight is 479 g/mol. The molecule has 2 atom stereocenters. The van der Waals surface area contributed by atoms with E-state index in [4.69, 9.17) is 9.47 Å². The van der Waals surface area contributed by atoms with Crippen LogP contribution in [0.5, 0.6) is 0 Å². The van der Waals surface area contributed by atoms with Gasteiger partial charge >= 0.3 is 0 Å². The minimum Gasteiger partial charge on any atom is -0.381 e. The molecule has 3 fully saturated rings. The van der Waals surface area contributed by atoms with Gasteiger partial charge in [0.1, 0.15) is 0 Å². The van der Waals surface area contributed by atoms with Crippen molar-refractivity contribution in [1.82, 2.24) is 10.6 Å². The molecule has 2 N–H and O–H groups in total. The molecular weight excluding hydrogens is 441 g/mol. The predicted octanol–water partition coefficient (Wildman–Crippen LogP) is 3.57. The molecule has 6 heteroatoms. The van der Waals surface area contributed by atoms with E-state index in [1.54, 1.807) is 0 Å². The first kappa shape index (κ1) is 22.2. The van der Waals surface area contributed by atoms with Crippen LogP contribution in [0.3, 0.4) is 0 Å². The van der Waals surface area contributed by atoms with Crippen molar-refractivity contribution < 1.29 is 9.47 Å². The third-order valence-electron chi connectivity index (χ3n) is 6.09. The summed E-state index contributed by atoms with van der Waals surface area (Å²) in [5, 5.41) is 7.06. The van der Waals surface area contributed by atoms with Crippen molar-refractivity contribution in [3.05, 3.63) is 0 Å². The first-order valence-corrected chi connectivity index (χ1v) is 10.5. The summed E-state index contributed by atoms with van der Waals surface area (Å²) in [6.07, 6.45) is 11.9. The van der Waals surface area contributed by atoms with Crippen molar-refractivity contribution in [2.45, 2.75) is 63.8 Å². The van der Waals surface area contributed by atoms with Crippen molar-refractivity contribution in [3.8, 4) is 0 Å². The molecule has 26 heavy (non-hydrogen) atoms. The van der Waals surface area contributed by atoms with Gasteiger partial charge in [0.25, 0.3) is 0 Å². The van der Waals surface area contributed by atoms with Gasteiger partial charge in [0.2, 0.25) is 0 Å². The number of nitrogens with one attached hydrogen (secondary N) is 2. The normalized spacial score (nSPS) is 27.7. The van der Waals surface area contributed by atoms with Crippen LogP contribution in [0.15, 0.2) is 4.99 Å². The number of aliphatic imine (C=N–C) groups is 1. The first-order chi connectivity index (χ1) is 12.4. The standard InChI is InChI=1S/C20H37N3O2.HI/c1-21-20(23-19-14-18(19)17-6-3-2-4-7-17)22-10-5-11-25-15-16-8-12-24-13-9-16;/h16-19H,2-15H2,1H3,(H2,21,22,23);1H. The van der Waals surface area contributed by atoms with E-state index in [1.165, 1.54) is 38.5 Å². The summed E-state index contributed by atoms with van der Waals surface area (Å²) < 4.78 is 11.2. The number of halogens is 1. The predicted molar refractivity (Wildman–Crippen MR) is 117 cm³/mol. The number of guanidine groups is 1. The molecule has 0 aromatic carbocycles. The van der Waals surface area contributed by atoms with Gasteiger partial charge in [0.05, 0.1) is 0 Å². The summed E-state index contributed by atoms with van der Waals surface area (Å²) in [5.41, 5.74) is 0. The van der Waals surface area contributed by atoms with E-state index in [1.807, 2.05) is 7.05 Å². The molecule has 1 heterocycles. The number of hydrogen-bond donors (Lipinski definition) is 2. The zero-order valence-electron chi connectivity index (χ0n) is 16.4. The minimum atomic E-state index is 0. The Balaban J connectivity index is 0.00000243. The van der Waals surface area contributed by atoms with Crippen LogP contribution in [-0.4, -0.2) is 52.0 Å². The van der Waals surface area contributed by atoms with Crippen LogP contribution in [0.4, 0.5) is 0 Å². The van der Waals surface area contributed by atoms with E-state index in [0.717, 1.165) is 70.0 Å². The fourth-order valence-electron chi connectivity index (χ4n) is 4.38. The molecule has 3 aliphatic rings. The second kappa shape index (κ2) is 12.4. The van der Waals surface area contributed by atoms with Gasteiger partial charge in [0.15, 0.2) is 5.96 Å². The lowest BCUT2D eigenvalue weighted by atomic mass is 9.85. The van der Waals surface area contributed by atoms with Crippen LogP contribution in [0.25, 0.3) is 0 Å². The molecule has 2 saturated carbocycles. The molecule has 1 aliphatic heterocycles. The van der Waals surface area contributed by atoms with E-state index >= 15 is 0 Å². The Hall–Kier alpha value is -0.0800. The fourth-order valence-corrected chi connectivity index (χ4v) is 4.38. The Labute approximate surface area is 176 Å². The van der Waals surface area contributed by atoms with Crippen LogP contribution < -0.4 is 10.6 Å². The van der Waals surface area contributed by atoms with Gasteiger partial charge in [-0.2, -0.15) is 0 Å². The van der Waals surface area contributed by atoms with Gasteiger partial charge in [-0.1, -0.05) is 32.1 Å². The summed E-state index contributed by atoms with van der Waals surface area (Å²) in [6.45, 7) is 4.45. The van der Waals surface area contributed by atoms with E-state index < -0.39 is 0 Å². The maximum absolute atomic E-state index is 5.82. The molecule has 0 radical (unpaired) electrons. The third kappa shape index (κ3) is 7.50. The Morgan fingerprint density at radius 3 is 2.62 bits per heavy atom. The highest BCUT2D eigenvalue weighted by Gasteiger charge is 2.43. The highest BCUT2D eigenvalue weighted by atomic mass is 127. The molecule has 0 aromatic rings. The fraction of sp³-hybridized carbons (Fsp3) is 0.950. The lowest BCUT2D eigenvalue weighted by molar-refractivity contribution is 0.0203. The smallest absolute Gasteiger partial charge is 0.191 e. The van der Waals surface area contributed by atoms with Gasteiger partial charge in [-0.15, -0.1) is 24.0 Å². The van der Waals surface area contributed by atoms with Crippen LogP contribution >= 0.6 is 24.0 Å². The molecule has 0 amide bonds. The van der Waals surface area contributed by atoms with Crippen LogP contribution in [0.2, 0.25) is 0 Å². The van der Waals surface area contributed by atoms with Crippen molar-refractivity contribution in [2.24, 2.45) is 22.7 Å². The monoisotopic (exact) mass is 479 g/mol. The van der Waals surface area contributed by atoms with Crippen molar-refractivity contribution in [3.63, 3.8) is 0 Å². The summed E-state index contributed by atoms with van der Waals surface area (Å²) >= 11 is 0. The van der Waals surface area contributed by atoms with E-state index in [2.05, 4.69) is 15.6 Å². The molecule has 0 bridgehead atoms. The Kier molecular flexibility index (Phi) is 10.6. The SMILES string of the molecule is CN=C(NCCCOCC1CCOCC1)NC1CC1C1CCCCC1.I. The Morgan fingerprint density at radius 1 is 1.12 bits per heavy atom. The third-order valence-corrected chi connectivity index (χ3v) is 6.09. The summed E-state index contributed by atoms with van der Waals surface area (Å²) in [5.74, 6) is 3.51. The molecular formula is C20H38IN3O2. The topological polar surface area (TPSA) is 54.9 Å². The van der Waals surface area contributed by atoms with Crippen LogP contribution in [0, 0.1) is 17.8 Å². The molecule has 0 spiro atoms. The van der Waals surface area contributed by atoms with E-state index in [9.17, 15) is 0 Å². The largest absolute Gasteiger partial charge is 0.381 e. The molecule has 1 saturated heterocycles. The quantitative estimate of drug-likeness (QED) is 0.242. The first-order valence-electron chi connectivity index (χ1n) is 10.5. The van der Waals surface area contributed by atoms with Crippen molar-refractivity contribution in [2.75, 3.05) is 40.0 Å². The van der Waals surface area contributed by atoms with E-state index in [-0.39, 0.29) is 24.0 Å². The van der Waals surface area contributed by atoms with Crippen molar-refractivity contribution in [1.29, 1.82) is 0 Å². The highest BCUT2D eigenvalue weighted by Crippen LogP contribution is 2.44. The number of hydrogen-bond acceptors (Lipinski definition) is 3. The highest BCUT2D eigenvalue weighted by molar-refractivity contribution is 14.0. The maximum Gasteiger partial charge on any atom is 0.191 e.